The van der Waals surface area contributed by atoms with Crippen molar-refractivity contribution < 1.29 is 40.8 Å². The maximum absolute atomic E-state index is 12.0. The first kappa shape index (κ1) is 16.3. The van der Waals surface area contributed by atoms with Gasteiger partial charge in [0.1, 0.15) is 12.8 Å². The summed E-state index contributed by atoms with van der Waals surface area (Å²) in [7, 11) is -4.96. The smallest absolute Gasteiger partial charge is 0.395 e. The highest BCUT2D eigenvalue weighted by Crippen LogP contribution is 2.57. The Morgan fingerprint density at radius 2 is 1.41 bits per heavy atom. The first-order valence-corrected chi connectivity index (χ1v) is 6.35. The fourth-order valence-corrected chi connectivity index (χ4v) is 3.41. The fourth-order valence-electron chi connectivity index (χ4n) is 1.14. The highest BCUT2D eigenvalue weighted by atomic mass is 31.2. The monoisotopic (exact) mass is 286 g/mol. The Morgan fingerprint density at radius 1 is 1.12 bits per heavy atom. The molecule has 0 aromatic rings. The molecule has 1 atom stereocenters. The normalized spacial score (nSPS) is 15.7. The van der Waals surface area contributed by atoms with Crippen molar-refractivity contribution in [1.82, 2.24) is 0 Å². The fraction of sp³-hybridized carbons (Fsp3) is 0.857. The van der Waals surface area contributed by atoms with Gasteiger partial charge in [0.2, 0.25) is 0 Å². The zero-order valence-corrected chi connectivity index (χ0v) is 9.36. The van der Waals surface area contributed by atoms with Crippen molar-refractivity contribution in [3.63, 3.8) is 0 Å². The van der Waals surface area contributed by atoms with Gasteiger partial charge in [-0.1, -0.05) is 0 Å². The standard InChI is InChI=1S/C7H9F6O3P/c1-4(5(14)15)17(16,2-6(8,9)10)3-7(11,12)13/h4H,2-3H2,1H3,(H,14,15). The number of carboxylic acid groups (broad SMARTS) is 1. The summed E-state index contributed by atoms with van der Waals surface area (Å²) in [5.41, 5.74) is -2.19. The molecule has 0 aromatic carbocycles. The Morgan fingerprint density at radius 3 is 1.59 bits per heavy atom. The van der Waals surface area contributed by atoms with Crippen molar-refractivity contribution in [3.05, 3.63) is 0 Å². The lowest BCUT2D eigenvalue weighted by Gasteiger charge is -2.24. The van der Waals surface area contributed by atoms with Crippen LogP contribution in [0.3, 0.4) is 0 Å². The zero-order chi connectivity index (χ0) is 14.1. The number of alkyl halides is 6. The van der Waals surface area contributed by atoms with Gasteiger partial charge in [0.05, 0.1) is 12.3 Å². The number of halogens is 6. The van der Waals surface area contributed by atoms with Crippen LogP contribution >= 0.6 is 7.14 Å². The van der Waals surface area contributed by atoms with Crippen molar-refractivity contribution in [2.75, 3.05) is 12.3 Å². The van der Waals surface area contributed by atoms with E-state index >= 15 is 0 Å². The molecular formula is C7H9F6O3P. The highest BCUT2D eigenvalue weighted by Gasteiger charge is 2.50. The van der Waals surface area contributed by atoms with Crippen LogP contribution in [0.2, 0.25) is 0 Å². The largest absolute Gasteiger partial charge is 0.481 e. The Labute approximate surface area is 92.2 Å². The van der Waals surface area contributed by atoms with Crippen molar-refractivity contribution in [2.24, 2.45) is 0 Å². The van der Waals surface area contributed by atoms with E-state index in [1.807, 2.05) is 0 Å². The summed E-state index contributed by atoms with van der Waals surface area (Å²) in [4.78, 5) is 10.4. The predicted molar refractivity (Wildman–Crippen MR) is 46.5 cm³/mol. The van der Waals surface area contributed by atoms with E-state index in [-0.39, 0.29) is 0 Å². The van der Waals surface area contributed by atoms with Crippen LogP contribution in [0.15, 0.2) is 0 Å². The van der Waals surface area contributed by atoms with Crippen molar-refractivity contribution in [1.29, 1.82) is 0 Å². The van der Waals surface area contributed by atoms with E-state index in [9.17, 15) is 35.7 Å². The van der Waals surface area contributed by atoms with E-state index in [1.165, 1.54) is 0 Å². The van der Waals surface area contributed by atoms with Gasteiger partial charge in [-0.3, -0.25) is 4.79 Å². The van der Waals surface area contributed by atoms with E-state index in [2.05, 4.69) is 0 Å². The molecule has 0 rings (SSSR count). The molecule has 3 nitrogen and oxygen atoms in total. The van der Waals surface area contributed by atoms with Crippen LogP contribution in [0.1, 0.15) is 6.92 Å². The van der Waals surface area contributed by atoms with Crippen molar-refractivity contribution in [3.8, 4) is 0 Å². The minimum atomic E-state index is -5.11. The lowest BCUT2D eigenvalue weighted by molar-refractivity contribution is -0.136. The lowest BCUT2D eigenvalue weighted by atomic mass is 10.5. The maximum atomic E-state index is 12.0. The summed E-state index contributed by atoms with van der Waals surface area (Å²) in [5.74, 6) is -1.94. The van der Waals surface area contributed by atoms with Gasteiger partial charge in [0, 0.05) is 0 Å². The lowest BCUT2D eigenvalue weighted by Crippen LogP contribution is -2.30. The number of hydrogen-bond acceptors (Lipinski definition) is 2. The molecule has 0 saturated heterocycles. The highest BCUT2D eigenvalue weighted by molar-refractivity contribution is 7.65. The third-order valence-corrected chi connectivity index (χ3v) is 5.38. The Bertz CT molecular complexity index is 313. The zero-order valence-electron chi connectivity index (χ0n) is 8.47. The molecule has 0 aliphatic heterocycles. The SMILES string of the molecule is CC(C(=O)O)P(=O)(CC(F)(F)F)CC(F)(F)F. The molecule has 0 aromatic heterocycles. The quantitative estimate of drug-likeness (QED) is 0.638. The summed E-state index contributed by atoms with van der Waals surface area (Å²) < 4.78 is 83.7. The van der Waals surface area contributed by atoms with Crippen LogP contribution < -0.4 is 0 Å². The average molecular weight is 286 g/mol. The van der Waals surface area contributed by atoms with Crippen molar-refractivity contribution >= 4 is 13.1 Å². The van der Waals surface area contributed by atoms with Gasteiger partial charge in [-0.2, -0.15) is 26.3 Å². The topological polar surface area (TPSA) is 54.4 Å². The van der Waals surface area contributed by atoms with Crippen LogP contribution in [0.25, 0.3) is 0 Å². The molecule has 17 heavy (non-hydrogen) atoms. The summed E-state index contributed by atoms with van der Waals surface area (Å²) in [5, 5.41) is 8.40. The number of carboxylic acids is 1. The van der Waals surface area contributed by atoms with E-state index in [0.29, 0.717) is 6.92 Å². The van der Waals surface area contributed by atoms with Gasteiger partial charge in [0.15, 0.2) is 0 Å². The third kappa shape index (κ3) is 5.95. The van der Waals surface area contributed by atoms with E-state index in [0.717, 1.165) is 0 Å². The Kier molecular flexibility index (Phi) is 4.67. The minimum absolute atomic E-state index is 0.584. The van der Waals surface area contributed by atoms with E-state index in [4.69, 9.17) is 5.11 Å². The molecule has 0 heterocycles. The number of aliphatic carboxylic acids is 1. The average Bonchev–Trinajstić information content (AvgIpc) is 1.94. The summed E-state index contributed by atoms with van der Waals surface area (Å²) >= 11 is 0. The van der Waals surface area contributed by atoms with Crippen LogP contribution in [0, 0.1) is 0 Å². The number of hydrogen-bond donors (Lipinski definition) is 1. The molecular weight excluding hydrogens is 277 g/mol. The third-order valence-electron chi connectivity index (χ3n) is 1.96. The molecule has 1 N–H and O–H groups in total. The molecule has 0 fully saturated rings. The molecule has 0 aliphatic rings. The first-order chi connectivity index (χ1) is 7.27. The molecule has 102 valence electrons. The Balaban J connectivity index is 5.23. The van der Waals surface area contributed by atoms with Crippen LogP contribution in [0.5, 0.6) is 0 Å². The number of rotatable bonds is 4. The Hall–Kier alpha value is -0.720. The molecule has 0 spiro atoms. The van der Waals surface area contributed by atoms with E-state index in [1.54, 1.807) is 0 Å². The second-order valence-corrected chi connectivity index (χ2v) is 6.82. The molecule has 0 radical (unpaired) electrons. The van der Waals surface area contributed by atoms with E-state index < -0.39 is 43.4 Å². The second kappa shape index (κ2) is 4.88. The summed E-state index contributed by atoms with van der Waals surface area (Å²) in [6.07, 6.45) is -14.7. The predicted octanol–water partition coefficient (Wildman–Crippen LogP) is 2.95. The molecule has 0 saturated carbocycles. The van der Waals surface area contributed by atoms with Crippen molar-refractivity contribution in [2.45, 2.75) is 24.9 Å². The molecule has 10 heteroatoms. The van der Waals surface area contributed by atoms with Gasteiger partial charge in [0.25, 0.3) is 0 Å². The van der Waals surface area contributed by atoms with Gasteiger partial charge in [-0.15, -0.1) is 0 Å². The maximum Gasteiger partial charge on any atom is 0.395 e. The molecule has 1 unspecified atom stereocenters. The van der Waals surface area contributed by atoms with Crippen LogP contribution in [0.4, 0.5) is 26.3 Å². The van der Waals surface area contributed by atoms with Gasteiger partial charge >= 0.3 is 18.3 Å². The van der Waals surface area contributed by atoms with Crippen LogP contribution in [-0.2, 0) is 9.36 Å². The number of carbonyl (C=O) groups is 1. The minimum Gasteiger partial charge on any atom is -0.481 e. The van der Waals surface area contributed by atoms with Gasteiger partial charge in [-0.05, 0) is 6.92 Å². The van der Waals surface area contributed by atoms with Gasteiger partial charge < -0.3 is 9.67 Å². The second-order valence-electron chi connectivity index (χ2n) is 3.51. The molecule has 0 bridgehead atoms. The molecule has 0 aliphatic carbocycles. The molecule has 0 amide bonds. The van der Waals surface area contributed by atoms with Gasteiger partial charge in [-0.25, -0.2) is 0 Å². The summed E-state index contributed by atoms with van der Waals surface area (Å²) in [6.45, 7) is 0.584. The first-order valence-electron chi connectivity index (χ1n) is 4.21. The van der Waals surface area contributed by atoms with Crippen LogP contribution in [-0.4, -0.2) is 41.4 Å². The summed E-state index contributed by atoms with van der Waals surface area (Å²) in [6, 6.07) is 0.